The van der Waals surface area contributed by atoms with Crippen LogP contribution in [-0.4, -0.2) is 5.01 Å². The number of hydrazine groups is 1. The molecule has 17 heavy (non-hydrogen) atoms. The molecule has 0 spiro atoms. The van der Waals surface area contributed by atoms with E-state index in [0.29, 0.717) is 0 Å². The third-order valence-corrected chi connectivity index (χ3v) is 3.02. The van der Waals surface area contributed by atoms with E-state index in [0.717, 1.165) is 12.1 Å². The number of nitrogens with zero attached hydrogens (tertiary/aromatic N) is 1. The molecule has 2 N–H and O–H groups in total. The largest absolute Gasteiger partial charge is 0.287 e. The topological polar surface area (TPSA) is 29.3 Å². The summed E-state index contributed by atoms with van der Waals surface area (Å²) in [6, 6.07) is 8.42. The Morgan fingerprint density at radius 3 is 2.65 bits per heavy atom. The molecule has 0 radical (unpaired) electrons. The van der Waals surface area contributed by atoms with E-state index in [1.54, 1.807) is 5.01 Å². The molecule has 2 heteroatoms. The van der Waals surface area contributed by atoms with Crippen molar-refractivity contribution in [2.24, 2.45) is 5.84 Å². The second-order valence-corrected chi connectivity index (χ2v) is 4.14. The van der Waals surface area contributed by atoms with Crippen LogP contribution in [-0.2, 0) is 0 Å². The van der Waals surface area contributed by atoms with Crippen LogP contribution in [0.25, 0.3) is 5.57 Å². The Hall–Kier alpha value is -1.80. The molecule has 0 unspecified atom stereocenters. The van der Waals surface area contributed by atoms with Gasteiger partial charge in [0, 0.05) is 6.20 Å². The molecule has 0 atom stereocenters. The number of nitrogens with two attached hydrogens (primary N) is 1. The zero-order valence-corrected chi connectivity index (χ0v) is 10.4. The van der Waals surface area contributed by atoms with Crippen LogP contribution in [0.3, 0.4) is 0 Å². The zero-order valence-electron chi connectivity index (χ0n) is 10.4. The van der Waals surface area contributed by atoms with E-state index >= 15 is 0 Å². The fraction of sp³-hybridized carbons (Fsp3) is 0.200. The average Bonchev–Trinajstić information content (AvgIpc) is 2.34. The minimum Gasteiger partial charge on any atom is -0.287 e. The van der Waals surface area contributed by atoms with Crippen molar-refractivity contribution in [2.45, 2.75) is 20.3 Å². The molecule has 1 aliphatic rings. The van der Waals surface area contributed by atoms with Gasteiger partial charge in [-0.1, -0.05) is 37.3 Å². The molecule has 0 amide bonds. The minimum absolute atomic E-state index is 0.964. The second-order valence-electron chi connectivity index (χ2n) is 4.14. The molecule has 2 rings (SSSR count). The molecular weight excluding hydrogens is 208 g/mol. The normalized spacial score (nSPS) is 17.5. The van der Waals surface area contributed by atoms with Gasteiger partial charge in [0.2, 0.25) is 0 Å². The van der Waals surface area contributed by atoms with Crippen LogP contribution in [0.2, 0.25) is 0 Å². The Morgan fingerprint density at radius 2 is 2.00 bits per heavy atom. The Morgan fingerprint density at radius 1 is 1.24 bits per heavy atom. The average molecular weight is 226 g/mol. The van der Waals surface area contributed by atoms with E-state index in [4.69, 9.17) is 5.84 Å². The molecule has 0 bridgehead atoms. The first kappa shape index (κ1) is 11.7. The van der Waals surface area contributed by atoms with Gasteiger partial charge in [-0.05, 0) is 42.2 Å². The summed E-state index contributed by atoms with van der Waals surface area (Å²) in [5.41, 5.74) is 4.92. The fourth-order valence-corrected chi connectivity index (χ4v) is 2.13. The maximum absolute atomic E-state index is 5.98. The molecule has 1 aromatic rings. The summed E-state index contributed by atoms with van der Waals surface area (Å²) in [4.78, 5) is 0. The van der Waals surface area contributed by atoms with E-state index in [9.17, 15) is 0 Å². The summed E-state index contributed by atoms with van der Waals surface area (Å²) >= 11 is 0. The summed E-state index contributed by atoms with van der Waals surface area (Å²) in [6.45, 7) is 4.30. The number of benzene rings is 1. The first-order chi connectivity index (χ1) is 8.24. The SMILES string of the molecule is CC/C(=C1/C=CC=CN1N)c1ccccc1C. The molecule has 0 aromatic heterocycles. The van der Waals surface area contributed by atoms with Crippen molar-refractivity contribution in [1.29, 1.82) is 0 Å². The van der Waals surface area contributed by atoms with Crippen LogP contribution in [0.5, 0.6) is 0 Å². The maximum atomic E-state index is 5.98. The van der Waals surface area contributed by atoms with Crippen LogP contribution >= 0.6 is 0 Å². The highest BCUT2D eigenvalue weighted by Gasteiger charge is 2.11. The smallest absolute Gasteiger partial charge is 0.0606 e. The van der Waals surface area contributed by atoms with E-state index in [1.165, 1.54) is 16.7 Å². The predicted molar refractivity (Wildman–Crippen MR) is 72.7 cm³/mol. The lowest BCUT2D eigenvalue weighted by Gasteiger charge is -2.22. The van der Waals surface area contributed by atoms with Gasteiger partial charge < -0.3 is 0 Å². The number of aryl methyl sites for hydroxylation is 1. The van der Waals surface area contributed by atoms with Crippen LogP contribution in [0.1, 0.15) is 24.5 Å². The first-order valence-corrected chi connectivity index (χ1v) is 5.92. The van der Waals surface area contributed by atoms with Crippen LogP contribution in [0.15, 0.2) is 54.4 Å². The van der Waals surface area contributed by atoms with Gasteiger partial charge in [0.15, 0.2) is 0 Å². The lowest BCUT2D eigenvalue weighted by Crippen LogP contribution is -2.25. The summed E-state index contributed by atoms with van der Waals surface area (Å²) in [5.74, 6) is 5.98. The lowest BCUT2D eigenvalue weighted by molar-refractivity contribution is 0.505. The van der Waals surface area contributed by atoms with Gasteiger partial charge in [-0.3, -0.25) is 5.01 Å². The van der Waals surface area contributed by atoms with Crippen molar-refractivity contribution < 1.29 is 0 Å². The zero-order chi connectivity index (χ0) is 12.3. The van der Waals surface area contributed by atoms with Crippen molar-refractivity contribution in [2.75, 3.05) is 0 Å². The predicted octanol–water partition coefficient (Wildman–Crippen LogP) is 3.38. The Balaban J connectivity index is 2.54. The summed E-state index contributed by atoms with van der Waals surface area (Å²) in [6.07, 6.45) is 8.86. The van der Waals surface area contributed by atoms with Crippen molar-refractivity contribution in [3.05, 3.63) is 65.5 Å². The highest BCUT2D eigenvalue weighted by atomic mass is 15.4. The van der Waals surface area contributed by atoms with Crippen molar-refractivity contribution in [3.8, 4) is 0 Å². The van der Waals surface area contributed by atoms with Crippen LogP contribution in [0, 0.1) is 6.92 Å². The van der Waals surface area contributed by atoms with Crippen LogP contribution < -0.4 is 5.84 Å². The molecular formula is C15H18N2. The molecule has 1 heterocycles. The van der Waals surface area contributed by atoms with E-state index in [2.05, 4.69) is 44.2 Å². The molecule has 1 aromatic carbocycles. The number of hydrogen-bond donors (Lipinski definition) is 1. The molecule has 2 nitrogen and oxygen atoms in total. The second kappa shape index (κ2) is 5.02. The molecule has 88 valence electrons. The van der Waals surface area contributed by atoms with Gasteiger partial charge in [-0.15, -0.1) is 0 Å². The highest BCUT2D eigenvalue weighted by Crippen LogP contribution is 2.27. The van der Waals surface area contributed by atoms with Crippen molar-refractivity contribution >= 4 is 5.57 Å². The van der Waals surface area contributed by atoms with E-state index in [-0.39, 0.29) is 0 Å². The Bertz CT molecular complexity index is 495. The monoisotopic (exact) mass is 226 g/mol. The summed E-state index contributed by atoms with van der Waals surface area (Å²) in [5, 5.41) is 1.69. The van der Waals surface area contributed by atoms with Gasteiger partial charge in [0.1, 0.15) is 0 Å². The van der Waals surface area contributed by atoms with E-state index in [1.807, 2.05) is 18.4 Å². The molecule has 0 fully saturated rings. The van der Waals surface area contributed by atoms with Gasteiger partial charge in [0.05, 0.1) is 5.70 Å². The van der Waals surface area contributed by atoms with Gasteiger partial charge in [0.25, 0.3) is 0 Å². The lowest BCUT2D eigenvalue weighted by atomic mass is 9.96. The van der Waals surface area contributed by atoms with Crippen molar-refractivity contribution in [3.63, 3.8) is 0 Å². The highest BCUT2D eigenvalue weighted by molar-refractivity contribution is 5.72. The third kappa shape index (κ3) is 2.32. The molecule has 1 aliphatic heterocycles. The quantitative estimate of drug-likeness (QED) is 0.783. The molecule has 0 saturated heterocycles. The molecule has 0 saturated carbocycles. The van der Waals surface area contributed by atoms with Crippen molar-refractivity contribution in [1.82, 2.24) is 5.01 Å². The Labute approximate surface area is 103 Å². The third-order valence-electron chi connectivity index (χ3n) is 3.02. The fourth-order valence-electron chi connectivity index (χ4n) is 2.13. The standard InChI is InChI=1S/C15H18N2/c1-3-13(14-9-5-4-8-12(14)2)15-10-6-7-11-17(15)16/h4-11H,3,16H2,1-2H3/b15-13+. The first-order valence-electron chi connectivity index (χ1n) is 5.92. The number of allylic oxidation sites excluding steroid dienone is 4. The summed E-state index contributed by atoms with van der Waals surface area (Å²) in [7, 11) is 0. The van der Waals surface area contributed by atoms with Gasteiger partial charge in [-0.2, -0.15) is 0 Å². The Kier molecular flexibility index (Phi) is 3.45. The van der Waals surface area contributed by atoms with Crippen LogP contribution in [0.4, 0.5) is 0 Å². The number of hydrogen-bond acceptors (Lipinski definition) is 2. The minimum atomic E-state index is 0.964. The number of rotatable bonds is 2. The molecule has 0 aliphatic carbocycles. The van der Waals surface area contributed by atoms with Gasteiger partial charge in [-0.25, -0.2) is 5.84 Å². The van der Waals surface area contributed by atoms with E-state index < -0.39 is 0 Å². The van der Waals surface area contributed by atoms with Gasteiger partial charge >= 0.3 is 0 Å². The summed E-state index contributed by atoms with van der Waals surface area (Å²) < 4.78 is 0. The maximum Gasteiger partial charge on any atom is 0.0606 e.